The van der Waals surface area contributed by atoms with Gasteiger partial charge in [0.25, 0.3) is 0 Å². The van der Waals surface area contributed by atoms with E-state index in [0.29, 0.717) is 26.9 Å². The lowest BCUT2D eigenvalue weighted by Crippen LogP contribution is -2.32. The van der Waals surface area contributed by atoms with E-state index in [0.717, 1.165) is 0 Å². The number of esters is 1. The number of hydrogen-bond acceptors (Lipinski definition) is 7. The number of thiophene rings is 1. The smallest absolute Gasteiger partial charge is 0.353 e. The average Bonchev–Trinajstić information content (AvgIpc) is 3.32. The van der Waals surface area contributed by atoms with Gasteiger partial charge in [-0.3, -0.25) is 9.59 Å². The molecule has 0 radical (unpaired) electrons. The molecule has 0 spiro atoms. The van der Waals surface area contributed by atoms with Crippen molar-refractivity contribution in [3.63, 3.8) is 0 Å². The van der Waals surface area contributed by atoms with Gasteiger partial charge in [-0.25, -0.2) is 10.2 Å². The van der Waals surface area contributed by atoms with Gasteiger partial charge >= 0.3 is 17.8 Å². The van der Waals surface area contributed by atoms with E-state index in [4.69, 9.17) is 32.7 Å². The zero-order valence-corrected chi connectivity index (χ0v) is 18.8. The van der Waals surface area contributed by atoms with E-state index in [1.165, 1.54) is 48.9 Å². The molecule has 0 aliphatic rings. The van der Waals surface area contributed by atoms with Crippen LogP contribution in [0.3, 0.4) is 0 Å². The average molecular weight is 492 g/mol. The van der Waals surface area contributed by atoms with Crippen LogP contribution in [0.4, 0.5) is 5.69 Å². The molecule has 2 aromatic carbocycles. The van der Waals surface area contributed by atoms with E-state index >= 15 is 0 Å². The Labute approximate surface area is 196 Å². The molecule has 1 heterocycles. The quantitative estimate of drug-likeness (QED) is 0.175. The van der Waals surface area contributed by atoms with E-state index in [1.807, 2.05) is 0 Å². The standard InChI is InChI=1S/C21H15Cl2N3O5S/c1-30-17-9-12(4-7-16(17)31-21(29)18-3-2-8-32-18)11-24-26-20(28)19(27)25-13-5-6-14(22)15(23)10-13/h2-11H,1H3,(H,25,27)(H,26,28)/b24-11+. The van der Waals surface area contributed by atoms with Crippen LogP contribution < -0.4 is 20.2 Å². The molecule has 32 heavy (non-hydrogen) atoms. The number of nitrogens with one attached hydrogen (secondary N) is 2. The summed E-state index contributed by atoms with van der Waals surface area (Å²) in [7, 11) is 1.42. The van der Waals surface area contributed by atoms with Gasteiger partial charge in [0.1, 0.15) is 4.88 Å². The maximum Gasteiger partial charge on any atom is 0.353 e. The topological polar surface area (TPSA) is 106 Å². The molecule has 0 fully saturated rings. The predicted octanol–water partition coefficient (Wildman–Crippen LogP) is 4.37. The number of anilines is 1. The Morgan fingerprint density at radius 1 is 1.00 bits per heavy atom. The molecule has 8 nitrogen and oxygen atoms in total. The third-order valence-electron chi connectivity index (χ3n) is 3.88. The molecule has 0 aliphatic carbocycles. The molecule has 3 aromatic rings. The monoisotopic (exact) mass is 491 g/mol. The molecule has 0 saturated heterocycles. The van der Waals surface area contributed by atoms with E-state index in [1.54, 1.807) is 29.6 Å². The Morgan fingerprint density at radius 3 is 2.50 bits per heavy atom. The van der Waals surface area contributed by atoms with Gasteiger partial charge in [-0.1, -0.05) is 29.3 Å². The van der Waals surface area contributed by atoms with Gasteiger partial charge in [0.05, 0.1) is 23.4 Å². The maximum absolute atomic E-state index is 12.1. The molecule has 1 aromatic heterocycles. The number of amides is 2. The van der Waals surface area contributed by atoms with E-state index in [2.05, 4.69) is 15.8 Å². The number of carbonyl (C=O) groups is 3. The van der Waals surface area contributed by atoms with Gasteiger partial charge in [-0.2, -0.15) is 5.10 Å². The Morgan fingerprint density at radius 2 is 1.81 bits per heavy atom. The van der Waals surface area contributed by atoms with Crippen molar-refractivity contribution in [1.82, 2.24) is 5.43 Å². The predicted molar refractivity (Wildman–Crippen MR) is 123 cm³/mol. The van der Waals surface area contributed by atoms with Crippen molar-refractivity contribution in [3.05, 3.63) is 74.4 Å². The highest BCUT2D eigenvalue weighted by Crippen LogP contribution is 2.29. The molecular formula is C21H15Cl2N3O5S. The molecule has 0 saturated carbocycles. The minimum absolute atomic E-state index is 0.230. The Kier molecular flexibility index (Phi) is 7.82. The summed E-state index contributed by atoms with van der Waals surface area (Å²) in [4.78, 5) is 36.4. The lowest BCUT2D eigenvalue weighted by Gasteiger charge is -2.09. The molecule has 3 rings (SSSR count). The largest absolute Gasteiger partial charge is 0.493 e. The van der Waals surface area contributed by atoms with Crippen LogP contribution in [0.15, 0.2) is 59.0 Å². The van der Waals surface area contributed by atoms with Gasteiger partial charge in [0.2, 0.25) is 0 Å². The third-order valence-corrected chi connectivity index (χ3v) is 5.47. The molecule has 2 N–H and O–H groups in total. The van der Waals surface area contributed by atoms with Gasteiger partial charge in [-0.05, 0) is 53.4 Å². The first kappa shape index (κ1) is 23.3. The normalized spacial score (nSPS) is 10.6. The van der Waals surface area contributed by atoms with Crippen molar-refractivity contribution in [2.75, 3.05) is 12.4 Å². The highest BCUT2D eigenvalue weighted by atomic mass is 35.5. The zero-order valence-electron chi connectivity index (χ0n) is 16.4. The molecule has 0 aliphatic heterocycles. The molecule has 2 amide bonds. The van der Waals surface area contributed by atoms with Crippen molar-refractivity contribution >= 4 is 64.2 Å². The lowest BCUT2D eigenvalue weighted by atomic mass is 10.2. The van der Waals surface area contributed by atoms with Gasteiger partial charge in [-0.15, -0.1) is 11.3 Å². The molecule has 164 valence electrons. The van der Waals surface area contributed by atoms with Gasteiger partial charge in [0, 0.05) is 5.69 Å². The van der Waals surface area contributed by atoms with Crippen LogP contribution >= 0.6 is 34.5 Å². The summed E-state index contributed by atoms with van der Waals surface area (Å²) in [5.74, 6) is -1.90. The van der Waals surface area contributed by atoms with Gasteiger partial charge < -0.3 is 14.8 Å². The summed E-state index contributed by atoms with van der Waals surface area (Å²) in [5.41, 5.74) is 2.95. The number of halogens is 2. The van der Waals surface area contributed by atoms with Crippen molar-refractivity contribution in [1.29, 1.82) is 0 Å². The summed E-state index contributed by atoms with van der Waals surface area (Å²) < 4.78 is 10.6. The molecule has 0 atom stereocenters. The summed E-state index contributed by atoms with van der Waals surface area (Å²) in [6.45, 7) is 0. The number of carbonyl (C=O) groups excluding carboxylic acids is 3. The molecular weight excluding hydrogens is 477 g/mol. The number of nitrogens with zero attached hydrogens (tertiary/aromatic N) is 1. The lowest BCUT2D eigenvalue weighted by molar-refractivity contribution is -0.136. The summed E-state index contributed by atoms with van der Waals surface area (Å²) in [5, 5.41) is 8.46. The Bertz CT molecular complexity index is 1180. The maximum atomic E-state index is 12.1. The number of hydrazone groups is 1. The van der Waals surface area contributed by atoms with E-state index in [9.17, 15) is 14.4 Å². The number of methoxy groups -OCH3 is 1. The first-order chi connectivity index (χ1) is 15.4. The fourth-order valence-electron chi connectivity index (χ4n) is 2.37. The van der Waals surface area contributed by atoms with Crippen molar-refractivity contribution in [2.24, 2.45) is 5.10 Å². The first-order valence-corrected chi connectivity index (χ1v) is 10.5. The third kappa shape index (κ3) is 6.07. The van der Waals surface area contributed by atoms with Crippen LogP contribution in [0.5, 0.6) is 11.5 Å². The summed E-state index contributed by atoms with van der Waals surface area (Å²) >= 11 is 12.9. The van der Waals surface area contributed by atoms with Crippen molar-refractivity contribution < 1.29 is 23.9 Å². The fourth-order valence-corrected chi connectivity index (χ4v) is 3.27. The Balaban J connectivity index is 1.59. The zero-order chi connectivity index (χ0) is 23.1. The van der Waals surface area contributed by atoms with Crippen molar-refractivity contribution in [2.45, 2.75) is 0 Å². The second kappa shape index (κ2) is 10.8. The molecule has 11 heteroatoms. The highest BCUT2D eigenvalue weighted by molar-refractivity contribution is 7.12. The molecule has 0 unspecified atom stereocenters. The number of ether oxygens (including phenoxy) is 2. The van der Waals surface area contributed by atoms with Crippen molar-refractivity contribution in [3.8, 4) is 11.5 Å². The minimum atomic E-state index is -0.985. The first-order valence-electron chi connectivity index (χ1n) is 8.90. The fraction of sp³-hybridized carbons (Fsp3) is 0.0476. The van der Waals surface area contributed by atoms with Crippen LogP contribution in [0.25, 0.3) is 0 Å². The van der Waals surface area contributed by atoms with Crippen LogP contribution in [-0.4, -0.2) is 31.1 Å². The second-order valence-corrected chi connectivity index (χ2v) is 7.82. The SMILES string of the molecule is COc1cc(/C=N/NC(=O)C(=O)Nc2ccc(Cl)c(Cl)c2)ccc1OC(=O)c1cccs1. The van der Waals surface area contributed by atoms with E-state index < -0.39 is 17.8 Å². The summed E-state index contributed by atoms with van der Waals surface area (Å²) in [6.07, 6.45) is 1.30. The number of hydrogen-bond donors (Lipinski definition) is 2. The molecule has 0 bridgehead atoms. The van der Waals surface area contributed by atoms with E-state index in [-0.39, 0.29) is 10.8 Å². The minimum Gasteiger partial charge on any atom is -0.493 e. The van der Waals surface area contributed by atoms with Crippen LogP contribution in [0.1, 0.15) is 15.2 Å². The Hall–Kier alpha value is -3.40. The summed E-state index contributed by atoms with van der Waals surface area (Å²) in [6, 6.07) is 12.5. The van der Waals surface area contributed by atoms with Crippen LogP contribution in [0.2, 0.25) is 10.0 Å². The van der Waals surface area contributed by atoms with Gasteiger partial charge in [0.15, 0.2) is 11.5 Å². The number of rotatable bonds is 6. The van der Waals surface area contributed by atoms with Crippen LogP contribution in [-0.2, 0) is 9.59 Å². The number of benzene rings is 2. The second-order valence-electron chi connectivity index (χ2n) is 6.06. The van der Waals surface area contributed by atoms with Crippen LogP contribution in [0, 0.1) is 0 Å². The highest BCUT2D eigenvalue weighted by Gasteiger charge is 2.15.